The van der Waals surface area contributed by atoms with Crippen LogP contribution < -0.4 is 14.2 Å². The molecule has 1 aliphatic carbocycles. The summed E-state index contributed by atoms with van der Waals surface area (Å²) in [6.45, 7) is 1.52. The molecule has 0 amide bonds. The van der Waals surface area contributed by atoms with Crippen LogP contribution in [0, 0.1) is 0 Å². The number of methoxy groups -OCH3 is 3. The highest BCUT2D eigenvalue weighted by atomic mass is 16.5. The van der Waals surface area contributed by atoms with Crippen molar-refractivity contribution in [3.8, 4) is 17.2 Å². The Kier molecular flexibility index (Phi) is 6.17. The topological polar surface area (TPSA) is 61.8 Å². The van der Waals surface area contributed by atoms with Crippen molar-refractivity contribution >= 4 is 17.1 Å². The minimum absolute atomic E-state index is 0.00308. The standard InChI is InChI=1S/C24H24O5/c1-15(25)11-18-10-9-17(16-7-5-6-8-16)12-20(18)23(26)19-13-21(27-2)24(29-4)22(14-19)28-3/h5,7-10,12-14H,6,11H2,1-4H3. The molecule has 0 fully saturated rings. The van der Waals surface area contributed by atoms with Gasteiger partial charge in [0.05, 0.1) is 21.3 Å². The molecule has 0 atom stereocenters. The van der Waals surface area contributed by atoms with Gasteiger partial charge in [-0.3, -0.25) is 9.59 Å². The van der Waals surface area contributed by atoms with Gasteiger partial charge in [0.2, 0.25) is 5.75 Å². The Morgan fingerprint density at radius 3 is 2.17 bits per heavy atom. The molecule has 5 heteroatoms. The van der Waals surface area contributed by atoms with Crippen molar-refractivity contribution in [1.82, 2.24) is 0 Å². The summed E-state index contributed by atoms with van der Waals surface area (Å²) in [5, 5.41) is 0. The molecule has 0 bridgehead atoms. The fraction of sp³-hybridized carbons (Fsp3) is 0.250. The van der Waals surface area contributed by atoms with Crippen LogP contribution in [0.3, 0.4) is 0 Å². The van der Waals surface area contributed by atoms with Crippen LogP contribution in [0.15, 0.2) is 48.6 Å². The van der Waals surface area contributed by atoms with Crippen LogP contribution in [0.5, 0.6) is 17.2 Å². The second-order valence-electron chi connectivity index (χ2n) is 6.79. The van der Waals surface area contributed by atoms with Gasteiger partial charge >= 0.3 is 0 Å². The molecule has 29 heavy (non-hydrogen) atoms. The zero-order valence-corrected chi connectivity index (χ0v) is 17.1. The molecule has 0 aliphatic heterocycles. The summed E-state index contributed by atoms with van der Waals surface area (Å²) in [6, 6.07) is 8.91. The molecule has 150 valence electrons. The van der Waals surface area contributed by atoms with Crippen LogP contribution in [0.4, 0.5) is 0 Å². The molecular formula is C24H24O5. The predicted molar refractivity (Wildman–Crippen MR) is 112 cm³/mol. The second-order valence-corrected chi connectivity index (χ2v) is 6.79. The van der Waals surface area contributed by atoms with Crippen LogP contribution in [-0.4, -0.2) is 32.9 Å². The van der Waals surface area contributed by atoms with Crippen LogP contribution in [0.2, 0.25) is 0 Å². The van der Waals surface area contributed by atoms with Crippen molar-refractivity contribution < 1.29 is 23.8 Å². The number of ketones is 2. The van der Waals surface area contributed by atoms with E-state index in [0.717, 1.165) is 17.6 Å². The number of ether oxygens (including phenoxy) is 3. The molecule has 1 aliphatic rings. The van der Waals surface area contributed by atoms with E-state index in [2.05, 4.69) is 12.2 Å². The van der Waals surface area contributed by atoms with Gasteiger partial charge in [-0.25, -0.2) is 0 Å². The first-order chi connectivity index (χ1) is 14.0. The fourth-order valence-corrected chi connectivity index (χ4v) is 3.43. The Bertz CT molecular complexity index is 989. The summed E-state index contributed by atoms with van der Waals surface area (Å²) in [6.07, 6.45) is 7.28. The third-order valence-electron chi connectivity index (χ3n) is 4.83. The van der Waals surface area contributed by atoms with Gasteiger partial charge in [0, 0.05) is 17.5 Å². The first-order valence-corrected chi connectivity index (χ1v) is 9.32. The van der Waals surface area contributed by atoms with Gasteiger partial charge in [0.15, 0.2) is 17.3 Å². The third-order valence-corrected chi connectivity index (χ3v) is 4.83. The summed E-state index contributed by atoms with van der Waals surface area (Å²) < 4.78 is 16.1. The van der Waals surface area contributed by atoms with E-state index in [-0.39, 0.29) is 18.0 Å². The van der Waals surface area contributed by atoms with Gasteiger partial charge in [-0.05, 0) is 48.2 Å². The average molecular weight is 392 g/mol. The van der Waals surface area contributed by atoms with E-state index in [0.29, 0.717) is 33.9 Å². The van der Waals surface area contributed by atoms with Crippen LogP contribution in [0.25, 0.3) is 5.57 Å². The quantitative estimate of drug-likeness (QED) is 0.623. The largest absolute Gasteiger partial charge is 0.493 e. The molecule has 0 heterocycles. The average Bonchev–Trinajstić information content (AvgIpc) is 3.26. The first-order valence-electron chi connectivity index (χ1n) is 9.32. The Morgan fingerprint density at radius 2 is 1.66 bits per heavy atom. The van der Waals surface area contributed by atoms with Crippen molar-refractivity contribution in [3.05, 3.63) is 70.8 Å². The molecule has 5 nitrogen and oxygen atoms in total. The lowest BCUT2D eigenvalue weighted by Crippen LogP contribution is -2.10. The zero-order valence-electron chi connectivity index (χ0n) is 17.1. The van der Waals surface area contributed by atoms with Gasteiger partial charge in [0.25, 0.3) is 0 Å². The number of allylic oxidation sites excluding steroid dienone is 4. The lowest BCUT2D eigenvalue weighted by Gasteiger charge is -2.15. The highest BCUT2D eigenvalue weighted by Gasteiger charge is 2.21. The SMILES string of the molecule is COc1cc(C(=O)c2cc(C3=CCC=C3)ccc2CC(C)=O)cc(OC)c1OC. The van der Waals surface area contributed by atoms with Crippen molar-refractivity contribution in [2.45, 2.75) is 19.8 Å². The fourth-order valence-electron chi connectivity index (χ4n) is 3.43. The van der Waals surface area contributed by atoms with E-state index in [1.54, 1.807) is 12.1 Å². The number of rotatable bonds is 8. The Morgan fingerprint density at radius 1 is 0.966 bits per heavy atom. The minimum Gasteiger partial charge on any atom is -0.493 e. The minimum atomic E-state index is -0.204. The molecule has 0 saturated heterocycles. The summed E-state index contributed by atoms with van der Waals surface area (Å²) in [5.41, 5.74) is 3.60. The maximum atomic E-state index is 13.5. The summed E-state index contributed by atoms with van der Waals surface area (Å²) in [4.78, 5) is 25.2. The number of carbonyl (C=O) groups is 2. The normalized spacial score (nSPS) is 12.5. The molecule has 2 aromatic rings. The Labute approximate surface area is 170 Å². The molecule has 0 aromatic heterocycles. The van der Waals surface area contributed by atoms with Crippen molar-refractivity contribution in [3.63, 3.8) is 0 Å². The van der Waals surface area contributed by atoms with E-state index in [1.165, 1.54) is 28.3 Å². The number of Topliss-reactive ketones (excluding diaryl/α,β-unsaturated/α-hetero) is 1. The maximum absolute atomic E-state index is 13.5. The lowest BCUT2D eigenvalue weighted by molar-refractivity contribution is -0.116. The number of hydrogen-bond acceptors (Lipinski definition) is 5. The van der Waals surface area contributed by atoms with Crippen LogP contribution in [0.1, 0.15) is 40.4 Å². The Hall–Kier alpha value is -3.34. The monoisotopic (exact) mass is 392 g/mol. The molecule has 2 aromatic carbocycles. The molecule has 0 N–H and O–H groups in total. The maximum Gasteiger partial charge on any atom is 0.203 e. The molecular weight excluding hydrogens is 368 g/mol. The van der Waals surface area contributed by atoms with Gasteiger partial charge in [-0.1, -0.05) is 30.4 Å². The van der Waals surface area contributed by atoms with Crippen LogP contribution >= 0.6 is 0 Å². The molecule has 0 unspecified atom stereocenters. The zero-order chi connectivity index (χ0) is 21.0. The van der Waals surface area contributed by atoms with E-state index in [1.807, 2.05) is 24.3 Å². The van der Waals surface area contributed by atoms with E-state index in [9.17, 15) is 9.59 Å². The summed E-state index contributed by atoms with van der Waals surface area (Å²) >= 11 is 0. The highest BCUT2D eigenvalue weighted by molar-refractivity contribution is 6.11. The number of carbonyl (C=O) groups excluding carboxylic acids is 2. The number of hydrogen-bond donors (Lipinski definition) is 0. The van der Waals surface area contributed by atoms with Crippen molar-refractivity contribution in [2.75, 3.05) is 21.3 Å². The van der Waals surface area contributed by atoms with Gasteiger partial charge < -0.3 is 14.2 Å². The van der Waals surface area contributed by atoms with E-state index < -0.39 is 0 Å². The smallest absolute Gasteiger partial charge is 0.203 e. The molecule has 0 radical (unpaired) electrons. The van der Waals surface area contributed by atoms with Gasteiger partial charge in [-0.2, -0.15) is 0 Å². The van der Waals surface area contributed by atoms with E-state index in [4.69, 9.17) is 14.2 Å². The highest BCUT2D eigenvalue weighted by Crippen LogP contribution is 2.39. The summed E-state index contributed by atoms with van der Waals surface area (Å²) in [7, 11) is 4.53. The van der Waals surface area contributed by atoms with Gasteiger partial charge in [0.1, 0.15) is 5.78 Å². The summed E-state index contributed by atoms with van der Waals surface area (Å²) in [5.74, 6) is 1.02. The van der Waals surface area contributed by atoms with Crippen LogP contribution in [-0.2, 0) is 11.2 Å². The molecule has 0 spiro atoms. The second kappa shape index (κ2) is 8.78. The predicted octanol–water partition coefficient (Wildman–Crippen LogP) is 4.42. The molecule has 0 saturated carbocycles. The van der Waals surface area contributed by atoms with Crippen molar-refractivity contribution in [1.29, 1.82) is 0 Å². The van der Waals surface area contributed by atoms with Gasteiger partial charge in [-0.15, -0.1) is 0 Å². The number of benzene rings is 2. The van der Waals surface area contributed by atoms with E-state index >= 15 is 0 Å². The Balaban J connectivity index is 2.12. The lowest BCUT2D eigenvalue weighted by atomic mass is 9.91. The van der Waals surface area contributed by atoms with Crippen molar-refractivity contribution in [2.24, 2.45) is 0 Å². The first kappa shape index (κ1) is 20.4. The molecule has 3 rings (SSSR count). The third kappa shape index (κ3) is 4.24.